The van der Waals surface area contributed by atoms with E-state index in [0.717, 1.165) is 6.29 Å². The quantitative estimate of drug-likeness (QED) is 0.639. The largest absolute Gasteiger partial charge is 0.474 e. The number of rotatable bonds is 3. The van der Waals surface area contributed by atoms with Gasteiger partial charge in [-0.2, -0.15) is 0 Å². The van der Waals surface area contributed by atoms with E-state index in [9.17, 15) is 4.79 Å². The standard InChI is InChI=1S/C9H11NO2/c1-7(2)12-9-8(6-11)4-3-5-10-9/h3-7H,1-2H3. The van der Waals surface area contributed by atoms with Gasteiger partial charge < -0.3 is 4.74 Å². The van der Waals surface area contributed by atoms with Crippen molar-refractivity contribution in [1.82, 2.24) is 4.98 Å². The Hall–Kier alpha value is -1.38. The molecule has 0 bridgehead atoms. The molecule has 1 aromatic rings. The average molecular weight is 165 g/mol. The maximum atomic E-state index is 10.5. The molecule has 0 aliphatic rings. The Kier molecular flexibility index (Phi) is 2.80. The number of ether oxygens (including phenoxy) is 1. The van der Waals surface area contributed by atoms with E-state index in [0.29, 0.717) is 11.4 Å². The first-order valence-corrected chi connectivity index (χ1v) is 3.81. The summed E-state index contributed by atoms with van der Waals surface area (Å²) in [5.41, 5.74) is 0.492. The Morgan fingerprint density at radius 3 is 2.92 bits per heavy atom. The van der Waals surface area contributed by atoms with Crippen LogP contribution in [0.25, 0.3) is 0 Å². The number of carbonyl (C=O) groups is 1. The molecule has 1 rings (SSSR count). The first-order valence-electron chi connectivity index (χ1n) is 3.81. The van der Waals surface area contributed by atoms with Crippen molar-refractivity contribution in [1.29, 1.82) is 0 Å². The smallest absolute Gasteiger partial charge is 0.224 e. The molecule has 12 heavy (non-hydrogen) atoms. The Morgan fingerprint density at radius 1 is 1.58 bits per heavy atom. The molecule has 0 aromatic carbocycles. The molecule has 1 heterocycles. The Balaban J connectivity index is 2.89. The molecule has 0 saturated carbocycles. The number of carbonyl (C=O) groups excluding carboxylic acids is 1. The fourth-order valence-corrected chi connectivity index (χ4v) is 0.815. The zero-order chi connectivity index (χ0) is 8.97. The van der Waals surface area contributed by atoms with Gasteiger partial charge in [0.25, 0.3) is 0 Å². The molecule has 1 aromatic heterocycles. The lowest BCUT2D eigenvalue weighted by Crippen LogP contribution is -2.08. The molecule has 0 aliphatic carbocycles. The van der Waals surface area contributed by atoms with Crippen molar-refractivity contribution in [2.24, 2.45) is 0 Å². The van der Waals surface area contributed by atoms with Gasteiger partial charge in [-0.25, -0.2) is 4.98 Å². The fraction of sp³-hybridized carbons (Fsp3) is 0.333. The fourth-order valence-electron chi connectivity index (χ4n) is 0.815. The molecular weight excluding hydrogens is 154 g/mol. The van der Waals surface area contributed by atoms with Crippen molar-refractivity contribution in [3.63, 3.8) is 0 Å². The molecule has 0 atom stereocenters. The second kappa shape index (κ2) is 3.85. The van der Waals surface area contributed by atoms with Gasteiger partial charge in [-0.05, 0) is 26.0 Å². The number of hydrogen-bond donors (Lipinski definition) is 0. The van der Waals surface area contributed by atoms with Crippen LogP contribution < -0.4 is 4.74 Å². The van der Waals surface area contributed by atoms with Crippen LogP contribution in [-0.4, -0.2) is 17.4 Å². The summed E-state index contributed by atoms with van der Waals surface area (Å²) in [5, 5.41) is 0. The molecule has 0 radical (unpaired) electrons. The van der Waals surface area contributed by atoms with Gasteiger partial charge in [0.1, 0.15) is 0 Å². The predicted molar refractivity (Wildman–Crippen MR) is 45.4 cm³/mol. The van der Waals surface area contributed by atoms with E-state index in [1.807, 2.05) is 13.8 Å². The summed E-state index contributed by atoms with van der Waals surface area (Å²) >= 11 is 0. The summed E-state index contributed by atoms with van der Waals surface area (Å²) in [5.74, 6) is 0.405. The normalized spacial score (nSPS) is 9.92. The summed E-state index contributed by atoms with van der Waals surface area (Å²) in [6, 6.07) is 3.38. The highest BCUT2D eigenvalue weighted by Gasteiger charge is 2.04. The number of pyridine rings is 1. The van der Waals surface area contributed by atoms with Crippen LogP contribution >= 0.6 is 0 Å². The van der Waals surface area contributed by atoms with Crippen LogP contribution in [0.4, 0.5) is 0 Å². The van der Waals surface area contributed by atoms with E-state index < -0.39 is 0 Å². The number of aromatic nitrogens is 1. The van der Waals surface area contributed by atoms with Gasteiger partial charge in [0.05, 0.1) is 11.7 Å². The highest BCUT2D eigenvalue weighted by molar-refractivity contribution is 5.77. The van der Waals surface area contributed by atoms with Crippen LogP contribution in [0.15, 0.2) is 18.3 Å². The van der Waals surface area contributed by atoms with Crippen molar-refractivity contribution < 1.29 is 9.53 Å². The van der Waals surface area contributed by atoms with Crippen LogP contribution in [0.2, 0.25) is 0 Å². The van der Waals surface area contributed by atoms with Crippen molar-refractivity contribution in [2.75, 3.05) is 0 Å². The Labute approximate surface area is 71.4 Å². The first-order chi connectivity index (χ1) is 5.74. The summed E-state index contributed by atoms with van der Waals surface area (Å²) < 4.78 is 5.29. The highest BCUT2D eigenvalue weighted by atomic mass is 16.5. The van der Waals surface area contributed by atoms with Gasteiger partial charge >= 0.3 is 0 Å². The molecule has 0 amide bonds. The van der Waals surface area contributed by atoms with Crippen molar-refractivity contribution in [3.8, 4) is 5.88 Å². The molecule has 0 saturated heterocycles. The molecule has 0 fully saturated rings. The lowest BCUT2D eigenvalue weighted by Gasteiger charge is -2.09. The highest BCUT2D eigenvalue weighted by Crippen LogP contribution is 2.12. The summed E-state index contributed by atoms with van der Waals surface area (Å²) in [7, 11) is 0. The molecule has 0 unspecified atom stereocenters. The number of aldehydes is 1. The van der Waals surface area contributed by atoms with E-state index >= 15 is 0 Å². The summed E-state index contributed by atoms with van der Waals surface area (Å²) in [4.78, 5) is 14.4. The van der Waals surface area contributed by atoms with Gasteiger partial charge in [-0.15, -0.1) is 0 Å². The maximum absolute atomic E-state index is 10.5. The average Bonchev–Trinajstić information content (AvgIpc) is 2.04. The lowest BCUT2D eigenvalue weighted by atomic mass is 10.3. The van der Waals surface area contributed by atoms with Crippen LogP contribution in [-0.2, 0) is 0 Å². The van der Waals surface area contributed by atoms with Crippen molar-refractivity contribution in [2.45, 2.75) is 20.0 Å². The van der Waals surface area contributed by atoms with E-state index in [-0.39, 0.29) is 6.10 Å². The Morgan fingerprint density at radius 2 is 2.33 bits per heavy atom. The van der Waals surface area contributed by atoms with E-state index in [2.05, 4.69) is 4.98 Å². The minimum absolute atomic E-state index is 0.0404. The van der Waals surface area contributed by atoms with Gasteiger partial charge in [0, 0.05) is 6.20 Å². The van der Waals surface area contributed by atoms with Crippen LogP contribution in [0.3, 0.4) is 0 Å². The summed E-state index contributed by atoms with van der Waals surface area (Å²) in [6.07, 6.45) is 2.38. The van der Waals surface area contributed by atoms with Gasteiger partial charge in [-0.1, -0.05) is 0 Å². The third kappa shape index (κ3) is 2.05. The van der Waals surface area contributed by atoms with Gasteiger partial charge in [-0.3, -0.25) is 4.79 Å². The predicted octanol–water partition coefficient (Wildman–Crippen LogP) is 1.68. The number of hydrogen-bond acceptors (Lipinski definition) is 3. The van der Waals surface area contributed by atoms with Gasteiger partial charge in [0.15, 0.2) is 6.29 Å². The van der Waals surface area contributed by atoms with Crippen molar-refractivity contribution in [3.05, 3.63) is 23.9 Å². The lowest BCUT2D eigenvalue weighted by molar-refractivity contribution is 0.111. The molecule has 0 N–H and O–H groups in total. The minimum atomic E-state index is 0.0404. The monoisotopic (exact) mass is 165 g/mol. The number of nitrogens with zero attached hydrogens (tertiary/aromatic N) is 1. The second-order valence-corrected chi connectivity index (χ2v) is 2.68. The Bertz CT molecular complexity index is 271. The molecule has 0 spiro atoms. The zero-order valence-corrected chi connectivity index (χ0v) is 7.15. The third-order valence-corrected chi connectivity index (χ3v) is 1.27. The first kappa shape index (κ1) is 8.71. The molecule has 0 aliphatic heterocycles. The van der Waals surface area contributed by atoms with E-state index in [1.165, 1.54) is 0 Å². The molecule has 64 valence electrons. The third-order valence-electron chi connectivity index (χ3n) is 1.27. The van der Waals surface area contributed by atoms with Gasteiger partial charge in [0.2, 0.25) is 5.88 Å². The SMILES string of the molecule is CC(C)Oc1ncccc1C=O. The maximum Gasteiger partial charge on any atom is 0.224 e. The molecular formula is C9H11NO2. The van der Waals surface area contributed by atoms with E-state index in [4.69, 9.17) is 4.74 Å². The zero-order valence-electron chi connectivity index (χ0n) is 7.15. The topological polar surface area (TPSA) is 39.2 Å². The summed E-state index contributed by atoms with van der Waals surface area (Å²) in [6.45, 7) is 3.78. The molecule has 3 nitrogen and oxygen atoms in total. The minimum Gasteiger partial charge on any atom is -0.474 e. The molecule has 3 heteroatoms. The van der Waals surface area contributed by atoms with Crippen molar-refractivity contribution >= 4 is 6.29 Å². The second-order valence-electron chi connectivity index (χ2n) is 2.68. The van der Waals surface area contributed by atoms with Crippen LogP contribution in [0, 0.1) is 0 Å². The van der Waals surface area contributed by atoms with Crippen LogP contribution in [0.1, 0.15) is 24.2 Å². The van der Waals surface area contributed by atoms with Crippen LogP contribution in [0.5, 0.6) is 5.88 Å². The van der Waals surface area contributed by atoms with E-state index in [1.54, 1.807) is 18.3 Å².